The lowest BCUT2D eigenvalue weighted by Gasteiger charge is -2.26. The minimum Gasteiger partial charge on any atom is -0.477 e. The van der Waals surface area contributed by atoms with Gasteiger partial charge in [0.2, 0.25) is 15.9 Å². The van der Waals surface area contributed by atoms with Gasteiger partial charge in [0.1, 0.15) is 18.0 Å². The van der Waals surface area contributed by atoms with Gasteiger partial charge in [-0.15, -0.1) is 0 Å². The SMILES string of the molecule is CCOc1ncccc1C(=O)OCc1nc2cc(S(=O)(=O)N3CCOCC3)ccc2n1CC. The molecule has 0 N–H and O–H groups in total. The molecule has 0 saturated carbocycles. The third-order valence-electron chi connectivity index (χ3n) is 5.33. The van der Waals surface area contributed by atoms with Gasteiger partial charge in [-0.25, -0.2) is 23.2 Å². The number of aromatic nitrogens is 3. The third-order valence-corrected chi connectivity index (χ3v) is 7.22. The summed E-state index contributed by atoms with van der Waals surface area (Å²) in [6, 6.07) is 8.11. The van der Waals surface area contributed by atoms with Crippen LogP contribution < -0.4 is 4.74 Å². The zero-order valence-corrected chi connectivity index (χ0v) is 19.4. The molecule has 0 unspecified atom stereocenters. The molecule has 33 heavy (non-hydrogen) atoms. The Morgan fingerprint density at radius 3 is 2.70 bits per heavy atom. The maximum absolute atomic E-state index is 13.0. The Morgan fingerprint density at radius 1 is 1.18 bits per heavy atom. The number of hydrogen-bond acceptors (Lipinski definition) is 8. The smallest absolute Gasteiger partial charge is 0.344 e. The van der Waals surface area contributed by atoms with Gasteiger partial charge in [-0.05, 0) is 44.2 Å². The molecule has 0 atom stereocenters. The number of sulfonamides is 1. The normalized spacial score (nSPS) is 15.0. The number of nitrogens with zero attached hydrogens (tertiary/aromatic N) is 4. The molecule has 10 nitrogen and oxygen atoms in total. The molecule has 3 aromatic rings. The Kier molecular flexibility index (Phi) is 6.91. The van der Waals surface area contributed by atoms with Gasteiger partial charge in [0.15, 0.2) is 0 Å². The van der Waals surface area contributed by atoms with E-state index in [1.807, 2.05) is 11.5 Å². The van der Waals surface area contributed by atoms with Gasteiger partial charge in [0.25, 0.3) is 0 Å². The minimum atomic E-state index is -3.64. The highest BCUT2D eigenvalue weighted by molar-refractivity contribution is 7.89. The van der Waals surface area contributed by atoms with Crippen LogP contribution in [0, 0.1) is 0 Å². The Hall–Kier alpha value is -3.02. The molecule has 176 valence electrons. The highest BCUT2D eigenvalue weighted by Crippen LogP contribution is 2.24. The first kappa shape index (κ1) is 23.1. The summed E-state index contributed by atoms with van der Waals surface area (Å²) in [4.78, 5) is 21.4. The molecule has 3 heterocycles. The fourth-order valence-electron chi connectivity index (χ4n) is 3.72. The maximum Gasteiger partial charge on any atom is 0.344 e. The van der Waals surface area contributed by atoms with Crippen LogP contribution in [0.2, 0.25) is 0 Å². The Bertz CT molecular complexity index is 1250. The van der Waals surface area contributed by atoms with Crippen molar-refractivity contribution in [3.8, 4) is 5.88 Å². The first-order chi connectivity index (χ1) is 16.0. The van der Waals surface area contributed by atoms with Crippen molar-refractivity contribution < 1.29 is 27.4 Å². The van der Waals surface area contributed by atoms with Gasteiger partial charge in [-0.2, -0.15) is 4.31 Å². The standard InChI is InChI=1S/C22H26N4O6S/c1-3-26-19-8-7-16(33(28,29)25-10-12-30-13-11-25)14-18(19)24-20(26)15-32-22(27)17-6-5-9-23-21(17)31-4-2/h5-9,14H,3-4,10-13,15H2,1-2H3. The highest BCUT2D eigenvalue weighted by Gasteiger charge is 2.27. The van der Waals surface area contributed by atoms with E-state index in [0.29, 0.717) is 50.8 Å². The number of aryl methyl sites for hydroxylation is 1. The number of ether oxygens (including phenoxy) is 3. The van der Waals surface area contributed by atoms with Crippen LogP contribution in [-0.4, -0.2) is 66.1 Å². The van der Waals surface area contributed by atoms with Gasteiger partial charge in [-0.1, -0.05) is 0 Å². The maximum atomic E-state index is 13.0. The van der Waals surface area contributed by atoms with Gasteiger partial charge in [-0.3, -0.25) is 0 Å². The van der Waals surface area contributed by atoms with Crippen molar-refractivity contribution in [3.63, 3.8) is 0 Å². The van der Waals surface area contributed by atoms with E-state index in [4.69, 9.17) is 14.2 Å². The summed E-state index contributed by atoms with van der Waals surface area (Å²) in [6.07, 6.45) is 1.54. The van der Waals surface area contributed by atoms with E-state index in [9.17, 15) is 13.2 Å². The Labute approximate surface area is 192 Å². The Morgan fingerprint density at radius 2 is 1.97 bits per heavy atom. The second-order valence-electron chi connectivity index (χ2n) is 7.30. The molecule has 0 aliphatic carbocycles. The van der Waals surface area contributed by atoms with Gasteiger partial charge < -0.3 is 18.8 Å². The van der Waals surface area contributed by atoms with Crippen LogP contribution in [0.5, 0.6) is 5.88 Å². The van der Waals surface area contributed by atoms with Crippen molar-refractivity contribution in [2.75, 3.05) is 32.9 Å². The summed E-state index contributed by atoms with van der Waals surface area (Å²) >= 11 is 0. The monoisotopic (exact) mass is 474 g/mol. The number of fused-ring (bicyclic) bond motifs is 1. The largest absolute Gasteiger partial charge is 0.477 e. The lowest BCUT2D eigenvalue weighted by Crippen LogP contribution is -2.40. The van der Waals surface area contributed by atoms with E-state index >= 15 is 0 Å². The molecule has 11 heteroatoms. The molecule has 1 saturated heterocycles. The van der Waals surface area contributed by atoms with Gasteiger partial charge in [0, 0.05) is 25.8 Å². The second kappa shape index (κ2) is 9.86. The molecular formula is C22H26N4O6S. The zero-order chi connectivity index (χ0) is 23.4. The molecule has 0 bridgehead atoms. The average molecular weight is 475 g/mol. The lowest BCUT2D eigenvalue weighted by molar-refractivity contribution is 0.0453. The van der Waals surface area contributed by atoms with Crippen LogP contribution in [-0.2, 0) is 32.6 Å². The lowest BCUT2D eigenvalue weighted by atomic mass is 10.3. The van der Waals surface area contributed by atoms with Crippen molar-refractivity contribution in [1.29, 1.82) is 0 Å². The van der Waals surface area contributed by atoms with E-state index in [-0.39, 0.29) is 22.9 Å². The topological polar surface area (TPSA) is 113 Å². The van der Waals surface area contributed by atoms with E-state index < -0.39 is 16.0 Å². The molecule has 4 rings (SSSR count). The first-order valence-electron chi connectivity index (χ1n) is 10.8. The summed E-state index contributed by atoms with van der Waals surface area (Å²) < 4.78 is 45.4. The number of pyridine rings is 1. The van der Waals surface area contributed by atoms with Crippen LogP contribution in [0.15, 0.2) is 41.4 Å². The van der Waals surface area contributed by atoms with E-state index in [1.165, 1.54) is 4.31 Å². The van der Waals surface area contributed by atoms with Crippen LogP contribution >= 0.6 is 0 Å². The fraction of sp³-hybridized carbons (Fsp3) is 0.409. The zero-order valence-electron chi connectivity index (χ0n) is 18.6. The predicted octanol–water partition coefficient (Wildman–Crippen LogP) is 2.23. The number of rotatable bonds is 8. The third kappa shape index (κ3) is 4.70. The summed E-state index contributed by atoms with van der Waals surface area (Å²) in [5.74, 6) is 0.160. The summed E-state index contributed by atoms with van der Waals surface area (Å²) in [5, 5.41) is 0. The molecular weight excluding hydrogens is 448 g/mol. The van der Waals surface area contributed by atoms with Crippen molar-refractivity contribution in [2.24, 2.45) is 0 Å². The van der Waals surface area contributed by atoms with Crippen molar-refractivity contribution in [3.05, 3.63) is 47.9 Å². The average Bonchev–Trinajstić information content (AvgIpc) is 3.20. The van der Waals surface area contributed by atoms with E-state index in [0.717, 1.165) is 5.52 Å². The van der Waals surface area contributed by atoms with Crippen molar-refractivity contribution in [2.45, 2.75) is 31.9 Å². The van der Waals surface area contributed by atoms with E-state index in [2.05, 4.69) is 9.97 Å². The minimum absolute atomic E-state index is 0.0760. The second-order valence-corrected chi connectivity index (χ2v) is 9.24. The molecule has 1 aromatic carbocycles. The number of morpholine rings is 1. The summed E-state index contributed by atoms with van der Waals surface area (Å²) in [7, 11) is -3.64. The summed E-state index contributed by atoms with van der Waals surface area (Å²) in [6.45, 7) is 6.03. The van der Waals surface area contributed by atoms with Crippen LogP contribution in [0.4, 0.5) is 0 Å². The quantitative estimate of drug-likeness (QED) is 0.457. The number of imidazole rings is 1. The molecule has 1 fully saturated rings. The number of esters is 1. The molecule has 2 aromatic heterocycles. The number of hydrogen-bond donors (Lipinski definition) is 0. The first-order valence-corrected chi connectivity index (χ1v) is 12.2. The van der Waals surface area contributed by atoms with Crippen LogP contribution in [0.1, 0.15) is 30.0 Å². The number of benzene rings is 1. The van der Waals surface area contributed by atoms with Gasteiger partial charge in [0.05, 0.1) is 35.7 Å². The number of carbonyl (C=O) groups excluding carboxylic acids is 1. The van der Waals surface area contributed by atoms with Crippen molar-refractivity contribution in [1.82, 2.24) is 18.8 Å². The molecule has 1 aliphatic rings. The van der Waals surface area contributed by atoms with Crippen LogP contribution in [0.3, 0.4) is 0 Å². The van der Waals surface area contributed by atoms with Gasteiger partial charge >= 0.3 is 5.97 Å². The van der Waals surface area contributed by atoms with Crippen LogP contribution in [0.25, 0.3) is 11.0 Å². The van der Waals surface area contributed by atoms with Crippen molar-refractivity contribution >= 4 is 27.0 Å². The highest BCUT2D eigenvalue weighted by atomic mass is 32.2. The number of carbonyl (C=O) groups is 1. The van der Waals surface area contributed by atoms with E-state index in [1.54, 1.807) is 43.5 Å². The molecule has 0 radical (unpaired) electrons. The fourth-order valence-corrected chi connectivity index (χ4v) is 5.15. The Balaban J connectivity index is 1.58. The molecule has 0 amide bonds. The predicted molar refractivity (Wildman–Crippen MR) is 120 cm³/mol. The molecule has 0 spiro atoms. The summed E-state index contributed by atoms with van der Waals surface area (Å²) in [5.41, 5.74) is 1.52. The molecule has 1 aliphatic heterocycles.